The number of hydrogen-bond acceptors (Lipinski definition) is 4. The maximum Gasteiger partial charge on any atom is 0.261 e. The number of halogens is 1. The maximum atomic E-state index is 12.0. The fraction of sp³-hybridized carbons (Fsp3) is 0. The number of pyridine rings is 1. The number of rotatable bonds is 3. The summed E-state index contributed by atoms with van der Waals surface area (Å²) in [6.07, 6.45) is 2.99. The number of hydrogen-bond donors (Lipinski definition) is 2. The van der Waals surface area contributed by atoms with Gasteiger partial charge >= 0.3 is 0 Å². The predicted molar refractivity (Wildman–Crippen MR) is 70.9 cm³/mol. The van der Waals surface area contributed by atoms with Crippen molar-refractivity contribution in [3.63, 3.8) is 0 Å². The van der Waals surface area contributed by atoms with Gasteiger partial charge in [-0.3, -0.25) is 9.71 Å². The summed E-state index contributed by atoms with van der Waals surface area (Å²) < 4.78 is 26.5. The molecule has 0 radical (unpaired) electrons. The van der Waals surface area contributed by atoms with Gasteiger partial charge in [0.1, 0.15) is 0 Å². The quantitative estimate of drug-likeness (QED) is 0.845. The first-order valence-corrected chi connectivity index (χ1v) is 6.83. The van der Waals surface area contributed by atoms with Crippen molar-refractivity contribution in [2.45, 2.75) is 4.90 Å². The van der Waals surface area contributed by atoms with Gasteiger partial charge in [-0.1, -0.05) is 11.6 Å². The molecule has 0 bridgehead atoms. The van der Waals surface area contributed by atoms with E-state index >= 15 is 0 Å². The van der Waals surface area contributed by atoms with E-state index in [-0.39, 0.29) is 10.6 Å². The number of benzene rings is 1. The van der Waals surface area contributed by atoms with Gasteiger partial charge in [0.05, 0.1) is 21.3 Å². The van der Waals surface area contributed by atoms with Crippen LogP contribution in [0.15, 0.2) is 47.6 Å². The molecule has 2 aromatic rings. The third-order valence-electron chi connectivity index (χ3n) is 2.21. The SMILES string of the molecule is Nc1cc(S(=O)(=O)Nc2ccncc2)ccc1Cl. The first kappa shape index (κ1) is 12.7. The van der Waals surface area contributed by atoms with Gasteiger partial charge in [0.15, 0.2) is 0 Å². The van der Waals surface area contributed by atoms with Gasteiger partial charge in [0, 0.05) is 12.4 Å². The monoisotopic (exact) mass is 283 g/mol. The molecule has 18 heavy (non-hydrogen) atoms. The first-order valence-electron chi connectivity index (χ1n) is 4.97. The summed E-state index contributed by atoms with van der Waals surface area (Å²) >= 11 is 5.74. The molecule has 0 amide bonds. The van der Waals surface area contributed by atoms with E-state index in [1.165, 1.54) is 30.6 Å². The molecule has 0 saturated carbocycles. The standard InChI is InChI=1S/C11H10ClN3O2S/c12-10-2-1-9(7-11(10)13)18(16,17)15-8-3-5-14-6-4-8/h1-7H,13H2,(H,14,15). The Bertz CT molecular complexity index is 659. The average Bonchev–Trinajstić information content (AvgIpc) is 2.33. The number of nitrogen functional groups attached to an aromatic ring is 1. The van der Waals surface area contributed by atoms with E-state index in [9.17, 15) is 8.42 Å². The lowest BCUT2D eigenvalue weighted by molar-refractivity contribution is 0.601. The van der Waals surface area contributed by atoms with Crippen molar-refractivity contribution in [1.29, 1.82) is 0 Å². The number of anilines is 2. The second-order valence-electron chi connectivity index (χ2n) is 3.52. The molecule has 0 fully saturated rings. The number of sulfonamides is 1. The molecular formula is C11H10ClN3O2S. The van der Waals surface area contributed by atoms with Gasteiger partial charge < -0.3 is 5.73 Å². The highest BCUT2D eigenvalue weighted by atomic mass is 35.5. The average molecular weight is 284 g/mol. The molecule has 1 aromatic heterocycles. The highest BCUT2D eigenvalue weighted by molar-refractivity contribution is 7.92. The molecular weight excluding hydrogens is 274 g/mol. The van der Waals surface area contributed by atoms with E-state index in [1.54, 1.807) is 12.1 Å². The van der Waals surface area contributed by atoms with Crippen LogP contribution < -0.4 is 10.5 Å². The van der Waals surface area contributed by atoms with Crippen molar-refractivity contribution < 1.29 is 8.42 Å². The smallest absolute Gasteiger partial charge is 0.261 e. The Morgan fingerprint density at radius 1 is 1.17 bits per heavy atom. The number of nitrogens with two attached hydrogens (primary N) is 1. The highest BCUT2D eigenvalue weighted by Crippen LogP contribution is 2.23. The minimum atomic E-state index is -3.67. The first-order chi connectivity index (χ1) is 8.49. The molecule has 0 unspecified atom stereocenters. The topological polar surface area (TPSA) is 85.1 Å². The minimum Gasteiger partial charge on any atom is -0.397 e. The largest absolute Gasteiger partial charge is 0.397 e. The third kappa shape index (κ3) is 2.72. The summed E-state index contributed by atoms with van der Waals surface area (Å²) in [7, 11) is -3.67. The summed E-state index contributed by atoms with van der Waals surface area (Å²) in [6.45, 7) is 0. The Morgan fingerprint density at radius 3 is 2.44 bits per heavy atom. The summed E-state index contributed by atoms with van der Waals surface area (Å²) in [6, 6.07) is 7.25. The van der Waals surface area contributed by atoms with Crippen LogP contribution in [-0.2, 0) is 10.0 Å². The molecule has 0 spiro atoms. The van der Waals surface area contributed by atoms with Crippen LogP contribution in [0, 0.1) is 0 Å². The Morgan fingerprint density at radius 2 is 1.83 bits per heavy atom. The van der Waals surface area contributed by atoms with Crippen LogP contribution in [0.3, 0.4) is 0 Å². The Kier molecular flexibility index (Phi) is 3.40. The summed E-state index contributed by atoms with van der Waals surface area (Å²) in [4.78, 5) is 3.86. The maximum absolute atomic E-state index is 12.0. The van der Waals surface area contributed by atoms with E-state index in [2.05, 4.69) is 9.71 Å². The van der Waals surface area contributed by atoms with E-state index < -0.39 is 10.0 Å². The normalized spacial score (nSPS) is 11.2. The lowest BCUT2D eigenvalue weighted by Crippen LogP contribution is -2.13. The van der Waals surface area contributed by atoms with Crippen LogP contribution in [0.1, 0.15) is 0 Å². The van der Waals surface area contributed by atoms with Gasteiger partial charge in [0.2, 0.25) is 0 Å². The second-order valence-corrected chi connectivity index (χ2v) is 5.61. The molecule has 94 valence electrons. The molecule has 2 rings (SSSR count). The predicted octanol–water partition coefficient (Wildman–Crippen LogP) is 2.12. The third-order valence-corrected chi connectivity index (χ3v) is 3.93. The van der Waals surface area contributed by atoms with Crippen molar-refractivity contribution in [3.8, 4) is 0 Å². The lowest BCUT2D eigenvalue weighted by Gasteiger charge is -2.08. The number of nitrogens with one attached hydrogen (secondary N) is 1. The highest BCUT2D eigenvalue weighted by Gasteiger charge is 2.15. The molecule has 1 aromatic carbocycles. The molecule has 7 heteroatoms. The molecule has 1 heterocycles. The minimum absolute atomic E-state index is 0.0567. The second kappa shape index (κ2) is 4.83. The molecule has 0 aliphatic heterocycles. The van der Waals surface area contributed by atoms with Crippen molar-refractivity contribution in [2.75, 3.05) is 10.5 Å². The van der Waals surface area contributed by atoms with Gasteiger partial charge in [-0.25, -0.2) is 8.42 Å². The zero-order chi connectivity index (χ0) is 13.2. The van der Waals surface area contributed by atoms with Crippen molar-refractivity contribution in [1.82, 2.24) is 4.98 Å². The van der Waals surface area contributed by atoms with Crippen molar-refractivity contribution >= 4 is 33.0 Å². The van der Waals surface area contributed by atoms with Crippen LogP contribution in [0.25, 0.3) is 0 Å². The zero-order valence-electron chi connectivity index (χ0n) is 9.17. The fourth-order valence-corrected chi connectivity index (χ4v) is 2.53. The number of nitrogens with zero attached hydrogens (tertiary/aromatic N) is 1. The van der Waals surface area contributed by atoms with Crippen LogP contribution in [0.5, 0.6) is 0 Å². The summed E-state index contributed by atoms with van der Waals surface area (Å²) in [5.41, 5.74) is 6.22. The molecule has 0 saturated heterocycles. The van der Waals surface area contributed by atoms with Gasteiger partial charge in [-0.05, 0) is 30.3 Å². The van der Waals surface area contributed by atoms with Gasteiger partial charge in [0.25, 0.3) is 10.0 Å². The Balaban J connectivity index is 2.34. The van der Waals surface area contributed by atoms with E-state index in [0.29, 0.717) is 10.7 Å². The number of aromatic nitrogens is 1. The van der Waals surface area contributed by atoms with E-state index in [4.69, 9.17) is 17.3 Å². The molecule has 3 N–H and O–H groups in total. The van der Waals surface area contributed by atoms with Crippen LogP contribution in [0.2, 0.25) is 5.02 Å². The van der Waals surface area contributed by atoms with Gasteiger partial charge in [-0.15, -0.1) is 0 Å². The Labute approximate surface area is 110 Å². The zero-order valence-corrected chi connectivity index (χ0v) is 10.7. The summed E-state index contributed by atoms with van der Waals surface area (Å²) in [5, 5.41) is 0.317. The Hall–Kier alpha value is -1.79. The van der Waals surface area contributed by atoms with Crippen molar-refractivity contribution in [3.05, 3.63) is 47.7 Å². The summed E-state index contributed by atoms with van der Waals surface area (Å²) in [5.74, 6) is 0. The molecule has 0 aliphatic carbocycles. The van der Waals surface area contributed by atoms with Crippen LogP contribution in [-0.4, -0.2) is 13.4 Å². The van der Waals surface area contributed by atoms with E-state index in [0.717, 1.165) is 0 Å². The van der Waals surface area contributed by atoms with Crippen LogP contribution in [0.4, 0.5) is 11.4 Å². The van der Waals surface area contributed by atoms with Crippen molar-refractivity contribution in [2.24, 2.45) is 0 Å². The molecule has 5 nitrogen and oxygen atoms in total. The van der Waals surface area contributed by atoms with E-state index in [1.807, 2.05) is 0 Å². The molecule has 0 aliphatic rings. The lowest BCUT2D eigenvalue weighted by atomic mass is 10.3. The fourth-order valence-electron chi connectivity index (χ4n) is 1.32. The molecule has 0 atom stereocenters. The van der Waals surface area contributed by atoms with Crippen LogP contribution >= 0.6 is 11.6 Å². The van der Waals surface area contributed by atoms with Gasteiger partial charge in [-0.2, -0.15) is 0 Å².